The quantitative estimate of drug-likeness (QED) is 0.584. The lowest BCUT2D eigenvalue weighted by Crippen LogP contribution is -2.24. The third kappa shape index (κ3) is 2.28. The highest BCUT2D eigenvalue weighted by Crippen LogP contribution is 2.14. The van der Waals surface area contributed by atoms with E-state index < -0.39 is 5.82 Å². The molecule has 0 N–H and O–H groups in total. The summed E-state index contributed by atoms with van der Waals surface area (Å²) in [5.41, 5.74) is 1.47. The number of benzene rings is 2. The van der Waals surface area contributed by atoms with Gasteiger partial charge in [0, 0.05) is 6.54 Å². The Bertz CT molecular complexity index is 1050. The maximum Gasteiger partial charge on any atom is 0.262 e. The number of fused-ring (bicyclic) bond motifs is 3. The van der Waals surface area contributed by atoms with Crippen LogP contribution < -0.4 is 5.56 Å². The monoisotopic (exact) mass is 308 g/mol. The molecule has 0 aliphatic carbocycles. The zero-order valence-electron chi connectivity index (χ0n) is 12.2. The predicted molar refractivity (Wildman–Crippen MR) is 84.9 cm³/mol. The van der Waals surface area contributed by atoms with Crippen molar-refractivity contribution in [2.24, 2.45) is 0 Å². The summed E-state index contributed by atoms with van der Waals surface area (Å²) in [6.45, 7) is 0.456. The molecule has 0 spiro atoms. The molecule has 4 aromatic rings. The van der Waals surface area contributed by atoms with E-state index >= 15 is 0 Å². The van der Waals surface area contributed by atoms with Crippen LogP contribution in [0, 0.1) is 5.82 Å². The number of halogens is 1. The van der Waals surface area contributed by atoms with Crippen molar-refractivity contribution in [2.75, 3.05) is 0 Å². The van der Waals surface area contributed by atoms with E-state index in [1.165, 1.54) is 18.5 Å². The number of aromatic nitrogens is 4. The predicted octanol–water partition coefficient (Wildman–Crippen LogP) is 2.43. The fourth-order valence-corrected chi connectivity index (χ4v) is 2.80. The highest BCUT2D eigenvalue weighted by molar-refractivity contribution is 5.80. The average molecular weight is 308 g/mol. The van der Waals surface area contributed by atoms with Gasteiger partial charge in [-0.15, -0.1) is 10.2 Å². The second-order valence-corrected chi connectivity index (χ2v) is 5.35. The van der Waals surface area contributed by atoms with Crippen molar-refractivity contribution in [3.05, 3.63) is 76.6 Å². The molecule has 0 aliphatic heterocycles. The molecule has 23 heavy (non-hydrogen) atoms. The van der Waals surface area contributed by atoms with Gasteiger partial charge in [-0.25, -0.2) is 4.39 Å². The average Bonchev–Trinajstić information content (AvgIpc) is 3.05. The second-order valence-electron chi connectivity index (χ2n) is 5.35. The molecule has 0 radical (unpaired) electrons. The Morgan fingerprint density at radius 2 is 1.91 bits per heavy atom. The van der Waals surface area contributed by atoms with Gasteiger partial charge in [0.15, 0.2) is 0 Å². The molecule has 0 fully saturated rings. The van der Waals surface area contributed by atoms with E-state index in [0.29, 0.717) is 29.6 Å². The van der Waals surface area contributed by atoms with E-state index in [9.17, 15) is 9.18 Å². The Labute approximate surface area is 130 Å². The van der Waals surface area contributed by atoms with Gasteiger partial charge < -0.3 is 0 Å². The van der Waals surface area contributed by atoms with Gasteiger partial charge in [0.25, 0.3) is 5.56 Å². The van der Waals surface area contributed by atoms with Crippen molar-refractivity contribution in [1.82, 2.24) is 19.2 Å². The molecule has 0 atom stereocenters. The molecule has 114 valence electrons. The standard InChI is InChI=1S/C17H13FN4O/c18-13-6-7-15-14(10-13)16(23)21(17-20-19-11-22(15)17)9-8-12-4-2-1-3-5-12/h1-7,10-11H,8-9H2. The Hall–Kier alpha value is -3.02. The highest BCUT2D eigenvalue weighted by atomic mass is 19.1. The van der Waals surface area contributed by atoms with Crippen molar-refractivity contribution >= 4 is 16.7 Å². The van der Waals surface area contributed by atoms with Crippen LogP contribution in [0.15, 0.2) is 59.7 Å². The van der Waals surface area contributed by atoms with Gasteiger partial charge in [0.2, 0.25) is 5.78 Å². The third-order valence-electron chi connectivity index (χ3n) is 3.93. The van der Waals surface area contributed by atoms with Crippen molar-refractivity contribution in [3.8, 4) is 0 Å². The summed E-state index contributed by atoms with van der Waals surface area (Å²) in [5.74, 6) is 0.0293. The molecule has 2 aromatic carbocycles. The summed E-state index contributed by atoms with van der Waals surface area (Å²) in [7, 11) is 0. The Kier molecular flexibility index (Phi) is 3.15. The second kappa shape index (κ2) is 5.31. The fraction of sp³-hybridized carbons (Fsp3) is 0.118. The molecule has 6 heteroatoms. The zero-order chi connectivity index (χ0) is 15.8. The molecule has 4 rings (SSSR count). The molecule has 2 heterocycles. The van der Waals surface area contributed by atoms with Crippen LogP contribution in [0.4, 0.5) is 4.39 Å². The molecule has 0 bridgehead atoms. The van der Waals surface area contributed by atoms with Crippen LogP contribution in [0.25, 0.3) is 16.7 Å². The summed E-state index contributed by atoms with van der Waals surface area (Å²) in [5, 5.41) is 8.26. The SMILES string of the molecule is O=c1c2cc(F)ccc2n2cnnc2n1CCc1ccccc1. The molecule has 2 aromatic heterocycles. The van der Waals surface area contributed by atoms with Crippen LogP contribution in [0.1, 0.15) is 5.56 Å². The van der Waals surface area contributed by atoms with Gasteiger partial charge in [-0.3, -0.25) is 13.8 Å². The number of hydrogen-bond donors (Lipinski definition) is 0. The summed E-state index contributed by atoms with van der Waals surface area (Å²) >= 11 is 0. The summed E-state index contributed by atoms with van der Waals surface area (Å²) in [6, 6.07) is 14.0. The highest BCUT2D eigenvalue weighted by Gasteiger charge is 2.13. The van der Waals surface area contributed by atoms with Gasteiger partial charge in [-0.2, -0.15) is 0 Å². The van der Waals surface area contributed by atoms with Crippen LogP contribution in [-0.4, -0.2) is 19.2 Å². The largest absolute Gasteiger partial charge is 0.276 e. The first-order chi connectivity index (χ1) is 11.2. The van der Waals surface area contributed by atoms with Gasteiger partial charge in [0.05, 0.1) is 10.9 Å². The molecule has 5 nitrogen and oxygen atoms in total. The first-order valence-electron chi connectivity index (χ1n) is 7.30. The van der Waals surface area contributed by atoms with Crippen molar-refractivity contribution in [3.63, 3.8) is 0 Å². The molecular formula is C17H13FN4O. The summed E-state index contributed by atoms with van der Waals surface area (Å²) in [4.78, 5) is 12.7. The molecule has 0 amide bonds. The van der Waals surface area contributed by atoms with Crippen LogP contribution >= 0.6 is 0 Å². The fourth-order valence-electron chi connectivity index (χ4n) is 2.80. The Morgan fingerprint density at radius 3 is 2.74 bits per heavy atom. The minimum Gasteiger partial charge on any atom is -0.276 e. The van der Waals surface area contributed by atoms with Crippen molar-refractivity contribution in [2.45, 2.75) is 13.0 Å². The number of nitrogens with zero attached hydrogens (tertiary/aromatic N) is 4. The maximum absolute atomic E-state index is 13.5. The van der Waals surface area contributed by atoms with E-state index in [1.54, 1.807) is 15.0 Å². The number of hydrogen-bond acceptors (Lipinski definition) is 3. The van der Waals surface area contributed by atoms with E-state index in [0.717, 1.165) is 5.56 Å². The molecule has 0 unspecified atom stereocenters. The van der Waals surface area contributed by atoms with Gasteiger partial charge in [-0.05, 0) is 30.2 Å². The lowest BCUT2D eigenvalue weighted by molar-refractivity contribution is 0.628. The van der Waals surface area contributed by atoms with E-state index in [1.807, 2.05) is 30.3 Å². The third-order valence-corrected chi connectivity index (χ3v) is 3.93. The Morgan fingerprint density at radius 1 is 1.09 bits per heavy atom. The van der Waals surface area contributed by atoms with Crippen molar-refractivity contribution < 1.29 is 4.39 Å². The minimum atomic E-state index is -0.434. The van der Waals surface area contributed by atoms with E-state index in [2.05, 4.69) is 10.2 Å². The zero-order valence-corrected chi connectivity index (χ0v) is 12.2. The van der Waals surface area contributed by atoms with Crippen LogP contribution in [0.5, 0.6) is 0 Å². The lowest BCUT2D eigenvalue weighted by atomic mass is 10.1. The smallest absolute Gasteiger partial charge is 0.262 e. The minimum absolute atomic E-state index is 0.254. The number of rotatable bonds is 3. The molecule has 0 saturated heterocycles. The summed E-state index contributed by atoms with van der Waals surface area (Å²) in [6.07, 6.45) is 2.22. The molecular weight excluding hydrogens is 295 g/mol. The van der Waals surface area contributed by atoms with Crippen LogP contribution in [0.2, 0.25) is 0 Å². The number of aryl methyl sites for hydroxylation is 2. The lowest BCUT2D eigenvalue weighted by Gasteiger charge is -2.10. The summed E-state index contributed by atoms with van der Waals surface area (Å²) < 4.78 is 16.8. The maximum atomic E-state index is 13.5. The van der Waals surface area contributed by atoms with E-state index in [-0.39, 0.29) is 5.56 Å². The van der Waals surface area contributed by atoms with E-state index in [4.69, 9.17) is 0 Å². The topological polar surface area (TPSA) is 52.2 Å². The normalized spacial score (nSPS) is 11.3. The molecule has 0 saturated carbocycles. The van der Waals surface area contributed by atoms with Gasteiger partial charge >= 0.3 is 0 Å². The Balaban J connectivity index is 1.88. The van der Waals surface area contributed by atoms with Crippen LogP contribution in [0.3, 0.4) is 0 Å². The van der Waals surface area contributed by atoms with Gasteiger partial charge in [-0.1, -0.05) is 30.3 Å². The van der Waals surface area contributed by atoms with Crippen molar-refractivity contribution in [1.29, 1.82) is 0 Å². The van der Waals surface area contributed by atoms with Gasteiger partial charge in [0.1, 0.15) is 12.1 Å². The first kappa shape index (κ1) is 13.6. The van der Waals surface area contributed by atoms with Crippen LogP contribution in [-0.2, 0) is 13.0 Å². The molecule has 0 aliphatic rings. The first-order valence-corrected chi connectivity index (χ1v) is 7.30.